The Labute approximate surface area is 136 Å². The van der Waals surface area contributed by atoms with Crippen LogP contribution in [0.4, 0.5) is 0 Å². The van der Waals surface area contributed by atoms with E-state index in [2.05, 4.69) is 36.4 Å². The maximum Gasteiger partial charge on any atom is 0.191 e. The van der Waals surface area contributed by atoms with Gasteiger partial charge in [0.05, 0.1) is 5.75 Å². The Morgan fingerprint density at radius 3 is 2.32 bits per heavy atom. The summed E-state index contributed by atoms with van der Waals surface area (Å²) in [5, 5.41) is 6.84. The highest BCUT2D eigenvalue weighted by Crippen LogP contribution is 2.23. The first-order chi connectivity index (χ1) is 10.1. The molecule has 1 saturated carbocycles. The van der Waals surface area contributed by atoms with Crippen molar-refractivity contribution in [1.29, 1.82) is 0 Å². The van der Waals surface area contributed by atoms with Crippen LogP contribution in [0, 0.1) is 11.3 Å². The molecule has 1 aliphatic carbocycles. The quantitative estimate of drug-likeness (QED) is 0.578. The maximum atomic E-state index is 11.3. The predicted molar refractivity (Wildman–Crippen MR) is 94.0 cm³/mol. The number of hydrogen-bond acceptors (Lipinski definition) is 3. The molecular weight excluding hydrogens is 298 g/mol. The summed E-state index contributed by atoms with van der Waals surface area (Å²) in [6.07, 6.45) is 6.87. The van der Waals surface area contributed by atoms with Crippen molar-refractivity contribution in [3.05, 3.63) is 0 Å². The lowest BCUT2D eigenvalue weighted by Gasteiger charge is -2.30. The molecule has 2 N–H and O–H groups in total. The molecule has 0 amide bonds. The lowest BCUT2D eigenvalue weighted by atomic mass is 9.87. The van der Waals surface area contributed by atoms with Crippen LogP contribution in [0.3, 0.4) is 0 Å². The number of aliphatic imine (C=N–C) groups is 1. The van der Waals surface area contributed by atoms with Crippen LogP contribution >= 0.6 is 0 Å². The molecule has 1 fully saturated rings. The minimum atomic E-state index is -2.90. The summed E-state index contributed by atoms with van der Waals surface area (Å²) >= 11 is 0. The highest BCUT2D eigenvalue weighted by molar-refractivity contribution is 7.90. The second-order valence-electron chi connectivity index (χ2n) is 7.57. The van der Waals surface area contributed by atoms with Crippen molar-refractivity contribution in [2.24, 2.45) is 16.3 Å². The molecule has 0 spiro atoms. The first-order valence-corrected chi connectivity index (χ1v) is 10.3. The zero-order chi connectivity index (χ0) is 16.8. The fourth-order valence-corrected chi connectivity index (χ4v) is 3.59. The smallest absolute Gasteiger partial charge is 0.191 e. The standard InChI is InChI=1S/C16H33N3O2S/c1-13-6-8-14(9-7-13)19-15(17-4)18-12-16(2,3)10-11-22(5,20)21/h13-14H,6-12H2,1-5H3,(H2,17,18,19). The summed E-state index contributed by atoms with van der Waals surface area (Å²) in [6.45, 7) is 7.19. The van der Waals surface area contributed by atoms with Crippen LogP contribution in [-0.4, -0.2) is 46.0 Å². The number of sulfone groups is 1. The average Bonchev–Trinajstić information content (AvgIpc) is 2.43. The van der Waals surface area contributed by atoms with Crippen molar-refractivity contribution in [3.63, 3.8) is 0 Å². The SMILES string of the molecule is CN=C(NCC(C)(C)CCS(C)(=O)=O)NC1CCC(C)CC1. The third kappa shape index (κ3) is 8.01. The summed E-state index contributed by atoms with van der Waals surface area (Å²) in [5.74, 6) is 1.89. The summed E-state index contributed by atoms with van der Waals surface area (Å²) in [4.78, 5) is 4.29. The molecule has 0 bridgehead atoms. The monoisotopic (exact) mass is 331 g/mol. The second-order valence-corrected chi connectivity index (χ2v) is 9.83. The minimum absolute atomic E-state index is 0.0816. The van der Waals surface area contributed by atoms with E-state index in [-0.39, 0.29) is 11.2 Å². The molecule has 1 rings (SSSR count). The number of rotatable bonds is 6. The first-order valence-electron chi connectivity index (χ1n) is 8.26. The Bertz CT molecular complexity index is 464. The first kappa shape index (κ1) is 19.3. The van der Waals surface area contributed by atoms with Gasteiger partial charge in [-0.05, 0) is 43.4 Å². The molecule has 22 heavy (non-hydrogen) atoms. The van der Waals surface area contributed by atoms with E-state index in [0.717, 1.165) is 11.9 Å². The molecule has 0 unspecified atom stereocenters. The van der Waals surface area contributed by atoms with Crippen LogP contribution in [0.2, 0.25) is 0 Å². The fourth-order valence-electron chi connectivity index (χ4n) is 2.67. The number of nitrogens with zero attached hydrogens (tertiary/aromatic N) is 1. The van der Waals surface area contributed by atoms with E-state index in [0.29, 0.717) is 19.0 Å². The van der Waals surface area contributed by atoms with Crippen molar-refractivity contribution >= 4 is 15.8 Å². The maximum absolute atomic E-state index is 11.3. The van der Waals surface area contributed by atoms with E-state index >= 15 is 0 Å². The van der Waals surface area contributed by atoms with E-state index in [1.54, 1.807) is 7.05 Å². The third-order valence-electron chi connectivity index (χ3n) is 4.46. The van der Waals surface area contributed by atoms with Crippen LogP contribution < -0.4 is 10.6 Å². The van der Waals surface area contributed by atoms with Gasteiger partial charge in [-0.1, -0.05) is 20.8 Å². The Morgan fingerprint density at radius 2 is 1.82 bits per heavy atom. The lowest BCUT2D eigenvalue weighted by Crippen LogP contribution is -2.47. The van der Waals surface area contributed by atoms with E-state index < -0.39 is 9.84 Å². The number of nitrogens with one attached hydrogen (secondary N) is 2. The van der Waals surface area contributed by atoms with E-state index in [9.17, 15) is 8.42 Å². The fraction of sp³-hybridized carbons (Fsp3) is 0.938. The molecule has 0 heterocycles. The van der Waals surface area contributed by atoms with Gasteiger partial charge in [0.15, 0.2) is 5.96 Å². The van der Waals surface area contributed by atoms with Gasteiger partial charge in [-0.2, -0.15) is 0 Å². The molecule has 0 saturated heterocycles. The van der Waals surface area contributed by atoms with Crippen molar-refractivity contribution in [1.82, 2.24) is 10.6 Å². The van der Waals surface area contributed by atoms with Crippen molar-refractivity contribution in [2.45, 2.75) is 58.9 Å². The average molecular weight is 332 g/mol. The van der Waals surface area contributed by atoms with Gasteiger partial charge < -0.3 is 10.6 Å². The zero-order valence-corrected chi connectivity index (χ0v) is 15.6. The van der Waals surface area contributed by atoms with Crippen molar-refractivity contribution in [3.8, 4) is 0 Å². The molecule has 6 heteroatoms. The Hall–Kier alpha value is -0.780. The van der Waals surface area contributed by atoms with Gasteiger partial charge in [0.2, 0.25) is 0 Å². The van der Waals surface area contributed by atoms with Gasteiger partial charge in [0.1, 0.15) is 9.84 Å². The van der Waals surface area contributed by atoms with Gasteiger partial charge in [-0.25, -0.2) is 8.42 Å². The molecule has 0 radical (unpaired) electrons. The molecule has 130 valence electrons. The summed E-state index contributed by atoms with van der Waals surface area (Å²) in [7, 11) is -1.12. The van der Waals surface area contributed by atoms with Crippen LogP contribution in [0.5, 0.6) is 0 Å². The van der Waals surface area contributed by atoms with Gasteiger partial charge in [0.25, 0.3) is 0 Å². The second kappa shape index (κ2) is 8.18. The highest BCUT2D eigenvalue weighted by atomic mass is 32.2. The predicted octanol–water partition coefficient (Wildman–Crippen LogP) is 2.19. The van der Waals surface area contributed by atoms with Crippen molar-refractivity contribution < 1.29 is 8.42 Å². The largest absolute Gasteiger partial charge is 0.356 e. The lowest BCUT2D eigenvalue weighted by molar-refractivity contribution is 0.323. The highest BCUT2D eigenvalue weighted by Gasteiger charge is 2.22. The van der Waals surface area contributed by atoms with Crippen LogP contribution in [-0.2, 0) is 9.84 Å². The van der Waals surface area contributed by atoms with Crippen LogP contribution in [0.15, 0.2) is 4.99 Å². The van der Waals surface area contributed by atoms with Gasteiger partial charge in [-0.3, -0.25) is 4.99 Å². The molecule has 0 aromatic rings. The molecule has 0 aliphatic heterocycles. The van der Waals surface area contributed by atoms with Gasteiger partial charge in [0, 0.05) is 25.9 Å². The summed E-state index contributed by atoms with van der Waals surface area (Å²) < 4.78 is 22.6. The third-order valence-corrected chi connectivity index (χ3v) is 5.41. The van der Waals surface area contributed by atoms with Crippen LogP contribution in [0.25, 0.3) is 0 Å². The molecule has 1 aliphatic rings. The molecule has 5 nitrogen and oxygen atoms in total. The van der Waals surface area contributed by atoms with E-state index in [4.69, 9.17) is 0 Å². The topological polar surface area (TPSA) is 70.6 Å². The zero-order valence-electron chi connectivity index (χ0n) is 14.8. The van der Waals surface area contributed by atoms with Crippen molar-refractivity contribution in [2.75, 3.05) is 25.6 Å². The Balaban J connectivity index is 2.39. The molecule has 0 atom stereocenters. The molecule has 0 aromatic heterocycles. The van der Waals surface area contributed by atoms with Gasteiger partial charge in [-0.15, -0.1) is 0 Å². The molecule has 0 aromatic carbocycles. The number of guanidine groups is 1. The summed E-state index contributed by atoms with van der Waals surface area (Å²) in [5.41, 5.74) is -0.0816. The summed E-state index contributed by atoms with van der Waals surface area (Å²) in [6, 6.07) is 0.501. The van der Waals surface area contributed by atoms with E-state index in [1.165, 1.54) is 31.9 Å². The normalized spacial score (nSPS) is 24.1. The minimum Gasteiger partial charge on any atom is -0.356 e. The Morgan fingerprint density at radius 1 is 1.23 bits per heavy atom. The van der Waals surface area contributed by atoms with Gasteiger partial charge >= 0.3 is 0 Å². The number of hydrogen-bond donors (Lipinski definition) is 2. The van der Waals surface area contributed by atoms with Crippen LogP contribution in [0.1, 0.15) is 52.9 Å². The Kier molecular flexibility index (Phi) is 7.16. The molecular formula is C16H33N3O2S. The van der Waals surface area contributed by atoms with E-state index in [1.807, 2.05) is 0 Å².